The SMILES string of the molecule is CCNCc1cccc2ccn(CC(C)(C)C(=O)OC)c12. The lowest BCUT2D eigenvalue weighted by Crippen LogP contribution is -2.30. The number of aromatic nitrogens is 1. The number of carbonyl (C=O) groups excluding carboxylic acids is 1. The topological polar surface area (TPSA) is 43.3 Å². The number of nitrogens with one attached hydrogen (secondary N) is 1. The van der Waals surface area contributed by atoms with Crippen LogP contribution >= 0.6 is 0 Å². The molecule has 2 rings (SSSR count). The van der Waals surface area contributed by atoms with Gasteiger partial charge in [0.1, 0.15) is 0 Å². The van der Waals surface area contributed by atoms with Crippen LogP contribution in [0.2, 0.25) is 0 Å². The third-order valence-corrected chi connectivity index (χ3v) is 3.74. The lowest BCUT2D eigenvalue weighted by Gasteiger charge is -2.23. The molecule has 0 aliphatic heterocycles. The standard InChI is InChI=1S/C17H24N2O2/c1-5-18-11-14-8-6-7-13-9-10-19(15(13)14)12-17(2,3)16(20)21-4/h6-10,18H,5,11-12H2,1-4H3. The summed E-state index contributed by atoms with van der Waals surface area (Å²) in [6.45, 7) is 8.29. The maximum atomic E-state index is 11.9. The van der Waals surface area contributed by atoms with E-state index in [-0.39, 0.29) is 5.97 Å². The summed E-state index contributed by atoms with van der Waals surface area (Å²) in [7, 11) is 1.44. The first-order valence-electron chi connectivity index (χ1n) is 7.35. The summed E-state index contributed by atoms with van der Waals surface area (Å²) in [5, 5.41) is 4.57. The Labute approximate surface area is 126 Å². The van der Waals surface area contributed by atoms with Crippen LogP contribution in [-0.4, -0.2) is 24.2 Å². The minimum Gasteiger partial charge on any atom is -0.469 e. The third-order valence-electron chi connectivity index (χ3n) is 3.74. The van der Waals surface area contributed by atoms with Crippen molar-refractivity contribution in [1.29, 1.82) is 0 Å². The quantitative estimate of drug-likeness (QED) is 0.831. The molecule has 0 atom stereocenters. The number of methoxy groups -OCH3 is 1. The van der Waals surface area contributed by atoms with Gasteiger partial charge in [0.2, 0.25) is 0 Å². The average molecular weight is 288 g/mol. The summed E-state index contributed by atoms with van der Waals surface area (Å²) in [4.78, 5) is 11.9. The summed E-state index contributed by atoms with van der Waals surface area (Å²) in [5.41, 5.74) is 1.89. The number of benzene rings is 1. The highest BCUT2D eigenvalue weighted by molar-refractivity contribution is 5.84. The van der Waals surface area contributed by atoms with Gasteiger partial charge in [-0.2, -0.15) is 0 Å². The van der Waals surface area contributed by atoms with Crippen LogP contribution < -0.4 is 5.32 Å². The van der Waals surface area contributed by atoms with Crippen LogP contribution in [0.3, 0.4) is 0 Å². The molecular weight excluding hydrogens is 264 g/mol. The predicted molar refractivity (Wildman–Crippen MR) is 85.1 cm³/mol. The van der Waals surface area contributed by atoms with Crippen LogP contribution in [0.4, 0.5) is 0 Å². The number of ether oxygens (including phenoxy) is 1. The number of nitrogens with zero attached hydrogens (tertiary/aromatic N) is 1. The molecular formula is C17H24N2O2. The van der Waals surface area contributed by atoms with E-state index in [9.17, 15) is 4.79 Å². The number of rotatable bonds is 6. The van der Waals surface area contributed by atoms with Gasteiger partial charge in [-0.25, -0.2) is 0 Å². The second-order valence-electron chi connectivity index (χ2n) is 5.95. The molecule has 0 fully saturated rings. The van der Waals surface area contributed by atoms with E-state index < -0.39 is 5.41 Å². The molecule has 0 saturated carbocycles. The van der Waals surface area contributed by atoms with Crippen LogP contribution in [-0.2, 0) is 22.6 Å². The Kier molecular flexibility index (Phi) is 4.68. The van der Waals surface area contributed by atoms with Crippen LogP contribution in [0.15, 0.2) is 30.5 Å². The van der Waals surface area contributed by atoms with Crippen molar-refractivity contribution < 1.29 is 9.53 Å². The highest BCUT2D eigenvalue weighted by Crippen LogP contribution is 2.26. The van der Waals surface area contributed by atoms with Gasteiger partial charge in [-0.15, -0.1) is 0 Å². The minimum absolute atomic E-state index is 0.187. The van der Waals surface area contributed by atoms with Crippen LogP contribution in [0.1, 0.15) is 26.3 Å². The molecule has 2 aromatic rings. The lowest BCUT2D eigenvalue weighted by molar-refractivity contribution is -0.151. The molecule has 0 bridgehead atoms. The van der Waals surface area contributed by atoms with Gasteiger partial charge in [0.05, 0.1) is 18.0 Å². The number of fused-ring (bicyclic) bond motifs is 1. The number of carbonyl (C=O) groups is 1. The molecule has 0 spiro atoms. The van der Waals surface area contributed by atoms with Crippen molar-refractivity contribution in [3.05, 3.63) is 36.0 Å². The number of esters is 1. The fourth-order valence-electron chi connectivity index (χ4n) is 2.64. The first-order valence-corrected chi connectivity index (χ1v) is 7.35. The first kappa shape index (κ1) is 15.6. The first-order chi connectivity index (χ1) is 9.99. The molecule has 114 valence electrons. The Morgan fingerprint density at radius 3 is 2.76 bits per heavy atom. The summed E-state index contributed by atoms with van der Waals surface area (Å²) in [5.74, 6) is -0.187. The Hall–Kier alpha value is -1.81. The number of hydrogen-bond donors (Lipinski definition) is 1. The van der Waals surface area contributed by atoms with E-state index in [0.29, 0.717) is 6.54 Å². The van der Waals surface area contributed by atoms with Gasteiger partial charge in [0.15, 0.2) is 0 Å². The van der Waals surface area contributed by atoms with E-state index in [2.05, 4.69) is 41.1 Å². The van der Waals surface area contributed by atoms with Crippen molar-refractivity contribution in [3.8, 4) is 0 Å². The molecule has 0 amide bonds. The molecule has 0 radical (unpaired) electrons. The van der Waals surface area contributed by atoms with E-state index >= 15 is 0 Å². The molecule has 1 aromatic carbocycles. The largest absolute Gasteiger partial charge is 0.469 e. The Morgan fingerprint density at radius 1 is 1.33 bits per heavy atom. The zero-order valence-corrected chi connectivity index (χ0v) is 13.3. The van der Waals surface area contributed by atoms with Crippen LogP contribution in [0, 0.1) is 5.41 Å². The summed E-state index contributed by atoms with van der Waals surface area (Å²) >= 11 is 0. The smallest absolute Gasteiger partial charge is 0.313 e. The Bertz CT molecular complexity index is 629. The second kappa shape index (κ2) is 6.31. The monoisotopic (exact) mass is 288 g/mol. The minimum atomic E-state index is -0.550. The summed E-state index contributed by atoms with van der Waals surface area (Å²) in [6, 6.07) is 8.40. The van der Waals surface area contributed by atoms with Crippen molar-refractivity contribution in [1.82, 2.24) is 9.88 Å². The van der Waals surface area contributed by atoms with E-state index in [1.165, 1.54) is 23.6 Å². The van der Waals surface area contributed by atoms with Crippen molar-refractivity contribution in [2.24, 2.45) is 5.41 Å². The van der Waals surface area contributed by atoms with Gasteiger partial charge in [-0.05, 0) is 37.4 Å². The highest BCUT2D eigenvalue weighted by atomic mass is 16.5. The maximum absolute atomic E-state index is 11.9. The van der Waals surface area contributed by atoms with Crippen molar-refractivity contribution in [2.45, 2.75) is 33.9 Å². The summed E-state index contributed by atoms with van der Waals surface area (Å²) < 4.78 is 7.06. The second-order valence-corrected chi connectivity index (χ2v) is 5.95. The molecule has 21 heavy (non-hydrogen) atoms. The van der Waals surface area contributed by atoms with Gasteiger partial charge in [-0.1, -0.05) is 25.1 Å². The van der Waals surface area contributed by atoms with Gasteiger partial charge < -0.3 is 14.6 Å². The van der Waals surface area contributed by atoms with Gasteiger partial charge in [0.25, 0.3) is 0 Å². The van der Waals surface area contributed by atoms with Gasteiger partial charge >= 0.3 is 5.97 Å². The average Bonchev–Trinajstić information content (AvgIpc) is 2.87. The molecule has 1 heterocycles. The van der Waals surface area contributed by atoms with Crippen LogP contribution in [0.25, 0.3) is 10.9 Å². The normalized spacial score (nSPS) is 11.8. The molecule has 1 N–H and O–H groups in total. The molecule has 1 aromatic heterocycles. The van der Waals surface area contributed by atoms with E-state index in [1.807, 2.05) is 20.0 Å². The highest BCUT2D eigenvalue weighted by Gasteiger charge is 2.29. The zero-order valence-electron chi connectivity index (χ0n) is 13.3. The maximum Gasteiger partial charge on any atom is 0.313 e. The third kappa shape index (κ3) is 3.27. The Balaban J connectivity index is 2.38. The lowest BCUT2D eigenvalue weighted by atomic mass is 9.93. The molecule has 0 aliphatic rings. The van der Waals surface area contributed by atoms with E-state index in [1.54, 1.807) is 0 Å². The van der Waals surface area contributed by atoms with Crippen molar-refractivity contribution >= 4 is 16.9 Å². The number of hydrogen-bond acceptors (Lipinski definition) is 3. The van der Waals surface area contributed by atoms with Gasteiger partial charge in [0, 0.05) is 19.3 Å². The Morgan fingerprint density at radius 2 is 2.10 bits per heavy atom. The van der Waals surface area contributed by atoms with Crippen molar-refractivity contribution in [3.63, 3.8) is 0 Å². The van der Waals surface area contributed by atoms with Crippen molar-refractivity contribution in [2.75, 3.05) is 13.7 Å². The van der Waals surface area contributed by atoms with Gasteiger partial charge in [-0.3, -0.25) is 4.79 Å². The van der Waals surface area contributed by atoms with Crippen LogP contribution in [0.5, 0.6) is 0 Å². The molecule has 4 nitrogen and oxygen atoms in total. The molecule has 0 saturated heterocycles. The summed E-state index contributed by atoms with van der Waals surface area (Å²) in [6.07, 6.45) is 2.05. The molecule has 4 heteroatoms. The zero-order chi connectivity index (χ0) is 15.5. The van der Waals surface area contributed by atoms with E-state index in [0.717, 1.165) is 13.1 Å². The molecule has 0 aliphatic carbocycles. The molecule has 0 unspecified atom stereocenters. The fourth-order valence-corrected chi connectivity index (χ4v) is 2.64. The number of para-hydroxylation sites is 1. The fraction of sp³-hybridized carbons (Fsp3) is 0.471. The predicted octanol–water partition coefficient (Wildman–Crippen LogP) is 2.95. The van der Waals surface area contributed by atoms with E-state index in [4.69, 9.17) is 4.74 Å².